The lowest BCUT2D eigenvalue weighted by atomic mass is 10.3. The number of ether oxygens (including phenoxy) is 2. The standard InChI is InChI=1S/C10H12O3.ClH/c1-2-12-10(11)8-13-9-6-4-3-5-7-9;/h3-7H,2,8H2,1H3;1H. The second-order valence-electron chi connectivity index (χ2n) is 2.41. The van der Waals surface area contributed by atoms with Crippen LogP contribution in [0.15, 0.2) is 30.3 Å². The average molecular weight is 217 g/mol. The van der Waals surface area contributed by atoms with E-state index in [1.807, 2.05) is 18.2 Å². The van der Waals surface area contributed by atoms with Crippen molar-refractivity contribution in [1.82, 2.24) is 0 Å². The molecule has 0 aliphatic rings. The molecule has 0 aliphatic carbocycles. The van der Waals surface area contributed by atoms with Gasteiger partial charge in [-0.1, -0.05) is 18.2 Å². The van der Waals surface area contributed by atoms with Crippen LogP contribution >= 0.6 is 12.4 Å². The molecular weight excluding hydrogens is 204 g/mol. The van der Waals surface area contributed by atoms with Crippen LogP contribution in [0.5, 0.6) is 5.75 Å². The van der Waals surface area contributed by atoms with Crippen molar-refractivity contribution in [2.24, 2.45) is 0 Å². The first kappa shape index (κ1) is 12.8. The lowest BCUT2D eigenvalue weighted by Gasteiger charge is -2.04. The first-order chi connectivity index (χ1) is 6.33. The molecule has 4 heteroatoms. The lowest BCUT2D eigenvalue weighted by molar-refractivity contribution is -0.145. The molecule has 0 spiro atoms. The van der Waals surface area contributed by atoms with Gasteiger partial charge in [0.15, 0.2) is 6.61 Å². The minimum atomic E-state index is -0.341. The van der Waals surface area contributed by atoms with Gasteiger partial charge in [-0.05, 0) is 19.1 Å². The summed E-state index contributed by atoms with van der Waals surface area (Å²) in [6, 6.07) is 9.16. The number of benzene rings is 1. The van der Waals surface area contributed by atoms with Crippen molar-refractivity contribution in [3.63, 3.8) is 0 Å². The number of esters is 1. The Morgan fingerprint density at radius 1 is 1.29 bits per heavy atom. The van der Waals surface area contributed by atoms with Crippen LogP contribution in [0, 0.1) is 0 Å². The van der Waals surface area contributed by atoms with Gasteiger partial charge in [-0.3, -0.25) is 0 Å². The smallest absolute Gasteiger partial charge is 0.344 e. The minimum absolute atomic E-state index is 0. The van der Waals surface area contributed by atoms with Gasteiger partial charge < -0.3 is 9.47 Å². The first-order valence-electron chi connectivity index (χ1n) is 4.16. The Morgan fingerprint density at radius 3 is 2.50 bits per heavy atom. The summed E-state index contributed by atoms with van der Waals surface area (Å²) < 4.78 is 9.85. The maximum absolute atomic E-state index is 10.9. The molecule has 0 amide bonds. The second kappa shape index (κ2) is 7.21. The molecule has 0 atom stereocenters. The van der Waals surface area contributed by atoms with Gasteiger partial charge in [0.05, 0.1) is 6.61 Å². The molecular formula is C10H13ClO3. The third kappa shape index (κ3) is 4.72. The SMILES string of the molecule is CCOC(=O)COc1ccccc1.Cl. The Kier molecular flexibility index (Phi) is 6.58. The average Bonchev–Trinajstić information content (AvgIpc) is 2.17. The zero-order chi connectivity index (χ0) is 9.52. The number of halogens is 1. The van der Waals surface area contributed by atoms with Crippen LogP contribution < -0.4 is 4.74 Å². The van der Waals surface area contributed by atoms with Crippen molar-refractivity contribution in [3.05, 3.63) is 30.3 Å². The Bertz CT molecular complexity index is 261. The molecule has 0 radical (unpaired) electrons. The van der Waals surface area contributed by atoms with Crippen LogP contribution in [0.4, 0.5) is 0 Å². The highest BCUT2D eigenvalue weighted by Gasteiger charge is 2.01. The normalized spacial score (nSPS) is 8.64. The van der Waals surface area contributed by atoms with E-state index in [1.165, 1.54) is 0 Å². The third-order valence-corrected chi connectivity index (χ3v) is 1.41. The van der Waals surface area contributed by atoms with Gasteiger partial charge in [-0.2, -0.15) is 0 Å². The highest BCUT2D eigenvalue weighted by Crippen LogP contribution is 2.07. The molecule has 14 heavy (non-hydrogen) atoms. The molecule has 1 rings (SSSR count). The van der Waals surface area contributed by atoms with E-state index >= 15 is 0 Å². The van der Waals surface area contributed by atoms with E-state index < -0.39 is 0 Å². The van der Waals surface area contributed by atoms with Gasteiger partial charge in [0.2, 0.25) is 0 Å². The fourth-order valence-corrected chi connectivity index (χ4v) is 0.862. The predicted molar refractivity (Wildman–Crippen MR) is 55.8 cm³/mol. The molecule has 78 valence electrons. The summed E-state index contributed by atoms with van der Waals surface area (Å²) in [5.74, 6) is 0.335. The molecule has 0 bridgehead atoms. The van der Waals surface area contributed by atoms with Crippen molar-refractivity contribution in [2.75, 3.05) is 13.2 Å². The van der Waals surface area contributed by atoms with Crippen LogP contribution in [0.1, 0.15) is 6.92 Å². The molecule has 0 aromatic heterocycles. The Morgan fingerprint density at radius 2 is 1.93 bits per heavy atom. The van der Waals surface area contributed by atoms with Crippen LogP contribution in [0.2, 0.25) is 0 Å². The largest absolute Gasteiger partial charge is 0.482 e. The minimum Gasteiger partial charge on any atom is -0.482 e. The summed E-state index contributed by atoms with van der Waals surface area (Å²) in [6.45, 7) is 2.12. The summed E-state index contributed by atoms with van der Waals surface area (Å²) in [5.41, 5.74) is 0. The van der Waals surface area contributed by atoms with E-state index in [1.54, 1.807) is 19.1 Å². The summed E-state index contributed by atoms with van der Waals surface area (Å²) in [4.78, 5) is 10.9. The predicted octanol–water partition coefficient (Wildman–Crippen LogP) is 2.05. The number of carbonyl (C=O) groups excluding carboxylic acids is 1. The monoisotopic (exact) mass is 216 g/mol. The van der Waals surface area contributed by atoms with Crippen LogP contribution in [-0.4, -0.2) is 19.2 Å². The van der Waals surface area contributed by atoms with Gasteiger partial charge in [0, 0.05) is 0 Å². The molecule has 0 saturated heterocycles. The van der Waals surface area contributed by atoms with Crippen molar-refractivity contribution in [1.29, 1.82) is 0 Å². The lowest BCUT2D eigenvalue weighted by Crippen LogP contribution is -2.14. The number of carbonyl (C=O) groups is 1. The molecule has 3 nitrogen and oxygen atoms in total. The number of rotatable bonds is 4. The van der Waals surface area contributed by atoms with Gasteiger partial charge in [-0.15, -0.1) is 12.4 Å². The van der Waals surface area contributed by atoms with Crippen molar-refractivity contribution < 1.29 is 14.3 Å². The topological polar surface area (TPSA) is 35.5 Å². The molecule has 0 N–H and O–H groups in total. The first-order valence-corrected chi connectivity index (χ1v) is 4.16. The van der Waals surface area contributed by atoms with Gasteiger partial charge in [-0.25, -0.2) is 4.79 Å². The fourth-order valence-electron chi connectivity index (χ4n) is 0.862. The molecule has 0 aliphatic heterocycles. The quantitative estimate of drug-likeness (QED) is 0.723. The molecule has 1 aromatic carbocycles. The van der Waals surface area contributed by atoms with E-state index in [0.717, 1.165) is 0 Å². The highest BCUT2D eigenvalue weighted by atomic mass is 35.5. The summed E-state index contributed by atoms with van der Waals surface area (Å²) in [5, 5.41) is 0. The molecule has 0 unspecified atom stereocenters. The third-order valence-electron chi connectivity index (χ3n) is 1.41. The summed E-state index contributed by atoms with van der Waals surface area (Å²) >= 11 is 0. The van der Waals surface area contributed by atoms with Crippen molar-refractivity contribution in [2.45, 2.75) is 6.92 Å². The Balaban J connectivity index is 0.00000169. The van der Waals surface area contributed by atoms with E-state index in [0.29, 0.717) is 12.4 Å². The zero-order valence-electron chi connectivity index (χ0n) is 7.93. The zero-order valence-corrected chi connectivity index (χ0v) is 8.75. The number of para-hydroxylation sites is 1. The van der Waals surface area contributed by atoms with E-state index in [2.05, 4.69) is 0 Å². The maximum atomic E-state index is 10.9. The van der Waals surface area contributed by atoms with Crippen LogP contribution in [-0.2, 0) is 9.53 Å². The molecule has 0 fully saturated rings. The molecule has 0 heterocycles. The van der Waals surface area contributed by atoms with Gasteiger partial charge in [0.25, 0.3) is 0 Å². The van der Waals surface area contributed by atoms with Crippen molar-refractivity contribution >= 4 is 18.4 Å². The number of hydrogen-bond donors (Lipinski definition) is 0. The second-order valence-corrected chi connectivity index (χ2v) is 2.41. The summed E-state index contributed by atoms with van der Waals surface area (Å²) in [6.07, 6.45) is 0. The van der Waals surface area contributed by atoms with E-state index in [-0.39, 0.29) is 25.0 Å². The molecule has 1 aromatic rings. The van der Waals surface area contributed by atoms with E-state index in [9.17, 15) is 4.79 Å². The van der Waals surface area contributed by atoms with E-state index in [4.69, 9.17) is 9.47 Å². The maximum Gasteiger partial charge on any atom is 0.344 e. The van der Waals surface area contributed by atoms with Crippen LogP contribution in [0.3, 0.4) is 0 Å². The van der Waals surface area contributed by atoms with Gasteiger partial charge in [0.1, 0.15) is 5.75 Å². The highest BCUT2D eigenvalue weighted by molar-refractivity contribution is 5.85. The fraction of sp³-hybridized carbons (Fsp3) is 0.300. The van der Waals surface area contributed by atoms with Crippen LogP contribution in [0.25, 0.3) is 0 Å². The van der Waals surface area contributed by atoms with Crippen molar-refractivity contribution in [3.8, 4) is 5.75 Å². The number of hydrogen-bond acceptors (Lipinski definition) is 3. The van der Waals surface area contributed by atoms with Gasteiger partial charge >= 0.3 is 5.97 Å². The molecule has 0 saturated carbocycles. The summed E-state index contributed by atoms with van der Waals surface area (Å²) in [7, 11) is 0. The Hall–Kier alpha value is -1.22. The Labute approximate surface area is 89.4 Å².